The van der Waals surface area contributed by atoms with Crippen molar-refractivity contribution in [3.63, 3.8) is 0 Å². The predicted molar refractivity (Wildman–Crippen MR) is 46.7 cm³/mol. The molecule has 17 heavy (non-hydrogen) atoms. The number of carboxylic acids is 1. The zero-order valence-electron chi connectivity index (χ0n) is 7.81. The molecule has 0 spiro atoms. The highest BCUT2D eigenvalue weighted by atomic mass is 32.2. The standard InChI is InChI=1S/C7H6O8S2/c8-7(9)4-1-5(16(10,11)12)3-6(2-4)17(13,14)15/h1-3H,(H,8,9)(H,10,11,12)(H,13,14,15)/p-3. The number of hydrogen-bond acceptors (Lipinski definition) is 8. The summed E-state index contributed by atoms with van der Waals surface area (Å²) in [6.45, 7) is 0. The van der Waals surface area contributed by atoms with Crippen molar-refractivity contribution < 1.29 is 35.8 Å². The van der Waals surface area contributed by atoms with Gasteiger partial charge in [-0.25, -0.2) is 16.8 Å². The molecule has 0 aliphatic carbocycles. The Morgan fingerprint density at radius 3 is 1.47 bits per heavy atom. The van der Waals surface area contributed by atoms with Gasteiger partial charge >= 0.3 is 0 Å². The van der Waals surface area contributed by atoms with Crippen molar-refractivity contribution in [2.75, 3.05) is 0 Å². The first-order chi connectivity index (χ1) is 7.51. The van der Waals surface area contributed by atoms with E-state index >= 15 is 0 Å². The molecular weight excluding hydrogens is 276 g/mol. The van der Waals surface area contributed by atoms with E-state index in [-0.39, 0.29) is 6.07 Å². The van der Waals surface area contributed by atoms with Crippen LogP contribution in [0.5, 0.6) is 0 Å². The average Bonchev–Trinajstić information content (AvgIpc) is 2.14. The van der Waals surface area contributed by atoms with Crippen molar-refractivity contribution in [1.29, 1.82) is 0 Å². The van der Waals surface area contributed by atoms with Gasteiger partial charge in [0.2, 0.25) is 0 Å². The lowest BCUT2D eigenvalue weighted by Gasteiger charge is -2.14. The van der Waals surface area contributed by atoms with E-state index in [0.717, 1.165) is 0 Å². The van der Waals surface area contributed by atoms with Gasteiger partial charge in [-0.15, -0.1) is 0 Å². The maximum atomic E-state index is 10.6. The van der Waals surface area contributed by atoms with Gasteiger partial charge in [0.25, 0.3) is 0 Å². The summed E-state index contributed by atoms with van der Waals surface area (Å²) in [5.41, 5.74) is -0.892. The summed E-state index contributed by atoms with van der Waals surface area (Å²) in [5.74, 6) is -1.92. The molecule has 0 atom stereocenters. The van der Waals surface area contributed by atoms with Gasteiger partial charge in [0.1, 0.15) is 20.2 Å². The Morgan fingerprint density at radius 1 is 0.882 bits per heavy atom. The summed E-state index contributed by atoms with van der Waals surface area (Å²) >= 11 is 0. The van der Waals surface area contributed by atoms with Gasteiger partial charge in [0.15, 0.2) is 0 Å². The largest absolute Gasteiger partial charge is 0.744 e. The smallest absolute Gasteiger partial charge is 0.124 e. The van der Waals surface area contributed by atoms with E-state index in [0.29, 0.717) is 12.1 Å². The molecule has 0 saturated heterocycles. The van der Waals surface area contributed by atoms with Crippen LogP contribution < -0.4 is 5.11 Å². The first-order valence-electron chi connectivity index (χ1n) is 3.80. The zero-order chi connectivity index (χ0) is 13.4. The van der Waals surface area contributed by atoms with Crippen molar-refractivity contribution >= 4 is 26.2 Å². The first kappa shape index (κ1) is 13.6. The molecule has 0 bridgehead atoms. The van der Waals surface area contributed by atoms with Crippen molar-refractivity contribution in [3.8, 4) is 0 Å². The molecule has 1 aromatic carbocycles. The second kappa shape index (κ2) is 4.07. The minimum Gasteiger partial charge on any atom is -0.744 e. The van der Waals surface area contributed by atoms with E-state index < -0.39 is 41.6 Å². The molecule has 0 amide bonds. The molecule has 1 rings (SSSR count). The van der Waals surface area contributed by atoms with Gasteiger partial charge < -0.3 is 19.0 Å². The summed E-state index contributed by atoms with van der Waals surface area (Å²) in [7, 11) is -10.2. The van der Waals surface area contributed by atoms with Crippen LogP contribution in [0.3, 0.4) is 0 Å². The van der Waals surface area contributed by atoms with Gasteiger partial charge in [-0.2, -0.15) is 0 Å². The van der Waals surface area contributed by atoms with Crippen LogP contribution in [0.25, 0.3) is 0 Å². The highest BCUT2D eigenvalue weighted by molar-refractivity contribution is 7.86. The van der Waals surface area contributed by atoms with Gasteiger partial charge in [0.05, 0.1) is 15.8 Å². The van der Waals surface area contributed by atoms with Crippen molar-refractivity contribution in [3.05, 3.63) is 23.8 Å². The lowest BCUT2D eigenvalue weighted by Crippen LogP contribution is -2.23. The van der Waals surface area contributed by atoms with Gasteiger partial charge in [-0.1, -0.05) is 0 Å². The third-order valence-electron chi connectivity index (χ3n) is 1.69. The van der Waals surface area contributed by atoms with E-state index in [1.807, 2.05) is 0 Å². The van der Waals surface area contributed by atoms with Gasteiger partial charge in [-0.05, 0) is 23.8 Å². The Morgan fingerprint density at radius 2 is 1.24 bits per heavy atom. The van der Waals surface area contributed by atoms with E-state index in [2.05, 4.69) is 0 Å². The number of carbonyl (C=O) groups is 1. The minimum absolute atomic E-state index is 0.289. The van der Waals surface area contributed by atoms with Crippen LogP contribution in [0.15, 0.2) is 28.0 Å². The van der Waals surface area contributed by atoms with Crippen molar-refractivity contribution in [2.45, 2.75) is 9.79 Å². The summed E-state index contributed by atoms with van der Waals surface area (Å²) < 4.78 is 63.7. The van der Waals surface area contributed by atoms with Gasteiger partial charge in [-0.3, -0.25) is 0 Å². The highest BCUT2D eigenvalue weighted by Gasteiger charge is 2.10. The van der Waals surface area contributed by atoms with Crippen molar-refractivity contribution in [2.24, 2.45) is 0 Å². The van der Waals surface area contributed by atoms with Crippen LogP contribution in [-0.2, 0) is 20.2 Å². The molecule has 0 unspecified atom stereocenters. The van der Waals surface area contributed by atoms with Crippen LogP contribution >= 0.6 is 0 Å². The summed E-state index contributed by atoms with van der Waals surface area (Å²) in [5, 5.41) is 10.5. The number of benzene rings is 1. The Bertz CT molecular complexity index is 620. The van der Waals surface area contributed by atoms with Crippen LogP contribution in [0, 0.1) is 0 Å². The molecule has 0 aliphatic rings. The van der Waals surface area contributed by atoms with Crippen LogP contribution in [0.2, 0.25) is 0 Å². The quantitative estimate of drug-likeness (QED) is 0.567. The Kier molecular flexibility index (Phi) is 3.25. The van der Waals surface area contributed by atoms with E-state index in [1.165, 1.54) is 0 Å². The molecular formula is C7H3O8S2-3. The van der Waals surface area contributed by atoms with E-state index in [1.54, 1.807) is 0 Å². The number of hydrogen-bond donors (Lipinski definition) is 0. The molecule has 0 saturated carbocycles. The Balaban J connectivity index is 3.68. The van der Waals surface area contributed by atoms with Gasteiger partial charge in [0, 0.05) is 0 Å². The average molecular weight is 279 g/mol. The summed E-state index contributed by atoms with van der Waals surface area (Å²) in [6.07, 6.45) is 0. The topological polar surface area (TPSA) is 155 Å². The normalized spacial score (nSPS) is 12.4. The van der Waals surface area contributed by atoms with Crippen LogP contribution in [-0.4, -0.2) is 31.9 Å². The molecule has 8 nitrogen and oxygen atoms in total. The second-order valence-electron chi connectivity index (χ2n) is 2.89. The molecule has 0 N–H and O–H groups in total. The molecule has 0 radical (unpaired) electrons. The lowest BCUT2D eigenvalue weighted by atomic mass is 10.2. The predicted octanol–water partition coefficient (Wildman–Crippen LogP) is -2.14. The highest BCUT2D eigenvalue weighted by Crippen LogP contribution is 2.18. The summed E-state index contributed by atoms with van der Waals surface area (Å²) in [4.78, 5) is 8.19. The lowest BCUT2D eigenvalue weighted by molar-refractivity contribution is -0.255. The third-order valence-corrected chi connectivity index (χ3v) is 3.32. The third kappa shape index (κ3) is 3.23. The molecule has 10 heteroatoms. The van der Waals surface area contributed by atoms with Crippen molar-refractivity contribution in [1.82, 2.24) is 0 Å². The maximum Gasteiger partial charge on any atom is 0.124 e. The fraction of sp³-hybridized carbons (Fsp3) is 0. The number of carbonyl (C=O) groups excluding carboxylic acids is 1. The Labute approximate surface area is 96.0 Å². The molecule has 0 fully saturated rings. The molecule has 1 aromatic rings. The molecule has 94 valence electrons. The summed E-state index contributed by atoms with van der Waals surface area (Å²) in [6, 6.07) is 1.11. The molecule has 0 heterocycles. The van der Waals surface area contributed by atoms with E-state index in [9.17, 15) is 35.8 Å². The number of aromatic carboxylic acids is 1. The molecule has 0 aromatic heterocycles. The maximum absolute atomic E-state index is 10.6. The molecule has 0 aliphatic heterocycles. The SMILES string of the molecule is O=C([O-])c1cc(S(=O)(=O)[O-])cc(S(=O)(=O)[O-])c1. The van der Waals surface area contributed by atoms with E-state index in [4.69, 9.17) is 0 Å². The monoisotopic (exact) mass is 279 g/mol. The van der Waals surface area contributed by atoms with Crippen LogP contribution in [0.4, 0.5) is 0 Å². The fourth-order valence-electron chi connectivity index (χ4n) is 0.978. The number of carboxylic acid groups (broad SMARTS) is 1. The van der Waals surface area contributed by atoms with Crippen LogP contribution in [0.1, 0.15) is 10.4 Å². The Hall–Kier alpha value is -1.49. The minimum atomic E-state index is -5.09. The number of rotatable bonds is 3. The first-order valence-corrected chi connectivity index (χ1v) is 6.62. The fourth-order valence-corrected chi connectivity index (χ4v) is 2.14. The zero-order valence-corrected chi connectivity index (χ0v) is 9.45. The second-order valence-corrected chi connectivity index (χ2v) is 5.65.